The number of benzene rings is 1. The topological polar surface area (TPSA) is 68.3 Å². The van der Waals surface area contributed by atoms with Crippen LogP contribution in [0.4, 0.5) is 17.5 Å². The van der Waals surface area contributed by atoms with E-state index in [1.807, 2.05) is 6.92 Å². The standard InChI is InChI=1S/C14H17ClN4O2/c1-4-16-14-17-6-5-13(19-14)18-10-8-11(20-2)9(15)7-12(10)21-3/h5-8H,4H2,1-3H3,(H2,16,17,18,19). The van der Waals surface area contributed by atoms with Crippen LogP contribution in [0.3, 0.4) is 0 Å². The number of ether oxygens (including phenoxy) is 2. The van der Waals surface area contributed by atoms with Crippen LogP contribution in [-0.2, 0) is 0 Å². The lowest BCUT2D eigenvalue weighted by molar-refractivity contribution is 0.405. The molecule has 6 nitrogen and oxygen atoms in total. The van der Waals surface area contributed by atoms with Gasteiger partial charge in [-0.25, -0.2) is 4.98 Å². The van der Waals surface area contributed by atoms with E-state index in [1.165, 1.54) is 0 Å². The van der Waals surface area contributed by atoms with E-state index in [4.69, 9.17) is 21.1 Å². The van der Waals surface area contributed by atoms with Crippen molar-refractivity contribution in [1.82, 2.24) is 9.97 Å². The van der Waals surface area contributed by atoms with E-state index >= 15 is 0 Å². The van der Waals surface area contributed by atoms with Crippen LogP contribution in [0.1, 0.15) is 6.92 Å². The summed E-state index contributed by atoms with van der Waals surface area (Å²) in [6.45, 7) is 2.73. The van der Waals surface area contributed by atoms with E-state index in [0.717, 1.165) is 6.54 Å². The average molecular weight is 309 g/mol. The molecule has 0 aliphatic rings. The van der Waals surface area contributed by atoms with Crippen LogP contribution < -0.4 is 20.1 Å². The number of rotatable bonds is 6. The quantitative estimate of drug-likeness (QED) is 0.853. The number of nitrogens with one attached hydrogen (secondary N) is 2. The Morgan fingerprint density at radius 3 is 2.62 bits per heavy atom. The summed E-state index contributed by atoms with van der Waals surface area (Å²) in [5, 5.41) is 6.71. The first-order chi connectivity index (χ1) is 10.2. The summed E-state index contributed by atoms with van der Waals surface area (Å²) < 4.78 is 10.5. The summed E-state index contributed by atoms with van der Waals surface area (Å²) in [6, 6.07) is 5.21. The molecule has 0 fully saturated rings. The molecule has 0 aliphatic carbocycles. The zero-order valence-corrected chi connectivity index (χ0v) is 12.9. The van der Waals surface area contributed by atoms with Crippen molar-refractivity contribution in [3.05, 3.63) is 29.4 Å². The number of hydrogen-bond acceptors (Lipinski definition) is 6. The highest BCUT2D eigenvalue weighted by Gasteiger charge is 2.11. The first kappa shape index (κ1) is 15.2. The number of hydrogen-bond donors (Lipinski definition) is 2. The van der Waals surface area contributed by atoms with Gasteiger partial charge in [-0.15, -0.1) is 0 Å². The van der Waals surface area contributed by atoms with Crippen molar-refractivity contribution in [3.8, 4) is 11.5 Å². The summed E-state index contributed by atoms with van der Waals surface area (Å²) >= 11 is 6.08. The molecule has 7 heteroatoms. The summed E-state index contributed by atoms with van der Waals surface area (Å²) in [5.74, 6) is 2.36. The summed E-state index contributed by atoms with van der Waals surface area (Å²) in [6.07, 6.45) is 1.67. The highest BCUT2D eigenvalue weighted by atomic mass is 35.5. The zero-order valence-electron chi connectivity index (χ0n) is 12.1. The van der Waals surface area contributed by atoms with Gasteiger partial charge in [0.05, 0.1) is 24.9 Å². The third-order valence-electron chi connectivity index (χ3n) is 2.73. The fraction of sp³-hybridized carbons (Fsp3) is 0.286. The van der Waals surface area contributed by atoms with Gasteiger partial charge >= 0.3 is 0 Å². The average Bonchev–Trinajstić information content (AvgIpc) is 2.49. The van der Waals surface area contributed by atoms with E-state index in [-0.39, 0.29) is 0 Å². The Morgan fingerprint density at radius 1 is 1.19 bits per heavy atom. The Morgan fingerprint density at radius 2 is 1.95 bits per heavy atom. The lowest BCUT2D eigenvalue weighted by Gasteiger charge is -2.13. The van der Waals surface area contributed by atoms with Gasteiger partial charge in [-0.1, -0.05) is 11.6 Å². The molecule has 0 atom stereocenters. The van der Waals surface area contributed by atoms with E-state index in [9.17, 15) is 0 Å². The maximum absolute atomic E-state index is 6.08. The fourth-order valence-corrected chi connectivity index (χ4v) is 2.00. The second-order valence-electron chi connectivity index (χ2n) is 4.11. The van der Waals surface area contributed by atoms with E-state index in [1.54, 1.807) is 38.6 Å². The van der Waals surface area contributed by atoms with Gasteiger partial charge in [0, 0.05) is 24.9 Å². The lowest BCUT2D eigenvalue weighted by atomic mass is 10.2. The summed E-state index contributed by atoms with van der Waals surface area (Å²) in [7, 11) is 3.14. The van der Waals surface area contributed by atoms with Crippen LogP contribution in [0.2, 0.25) is 5.02 Å². The molecule has 0 amide bonds. The van der Waals surface area contributed by atoms with Gasteiger partial charge in [-0.05, 0) is 13.0 Å². The SMILES string of the molecule is CCNc1nccc(Nc2cc(OC)c(Cl)cc2OC)n1. The van der Waals surface area contributed by atoms with Gasteiger partial charge in [0.25, 0.3) is 0 Å². The highest BCUT2D eigenvalue weighted by Crippen LogP contribution is 2.37. The van der Waals surface area contributed by atoms with Crippen molar-refractivity contribution >= 4 is 29.1 Å². The van der Waals surface area contributed by atoms with Crippen molar-refractivity contribution < 1.29 is 9.47 Å². The third-order valence-corrected chi connectivity index (χ3v) is 3.02. The Labute approximate surface area is 128 Å². The number of halogens is 1. The second kappa shape index (κ2) is 6.99. The number of nitrogens with zero attached hydrogens (tertiary/aromatic N) is 2. The Balaban J connectivity index is 2.31. The van der Waals surface area contributed by atoms with Crippen molar-refractivity contribution in [1.29, 1.82) is 0 Å². The molecule has 2 rings (SSSR count). The first-order valence-corrected chi connectivity index (χ1v) is 6.81. The van der Waals surface area contributed by atoms with Crippen LogP contribution >= 0.6 is 11.6 Å². The van der Waals surface area contributed by atoms with Gasteiger partial charge in [-0.3, -0.25) is 0 Å². The maximum atomic E-state index is 6.08. The molecule has 1 aromatic carbocycles. The second-order valence-corrected chi connectivity index (χ2v) is 4.52. The van der Waals surface area contributed by atoms with E-state index < -0.39 is 0 Å². The number of methoxy groups -OCH3 is 2. The van der Waals surface area contributed by atoms with Gasteiger partial charge in [-0.2, -0.15) is 4.98 Å². The molecule has 0 bridgehead atoms. The molecule has 112 valence electrons. The normalized spacial score (nSPS) is 10.1. The largest absolute Gasteiger partial charge is 0.495 e. The predicted octanol–water partition coefficient (Wildman–Crippen LogP) is 3.32. The van der Waals surface area contributed by atoms with Gasteiger partial charge in [0.15, 0.2) is 0 Å². The van der Waals surface area contributed by atoms with Gasteiger partial charge in [0.1, 0.15) is 17.3 Å². The van der Waals surface area contributed by atoms with Crippen LogP contribution in [0, 0.1) is 0 Å². The fourth-order valence-electron chi connectivity index (χ4n) is 1.77. The summed E-state index contributed by atoms with van der Waals surface area (Å²) in [4.78, 5) is 8.47. The van der Waals surface area contributed by atoms with Gasteiger partial charge < -0.3 is 20.1 Å². The molecule has 0 spiro atoms. The molecular formula is C14H17ClN4O2. The zero-order chi connectivity index (χ0) is 15.2. The smallest absolute Gasteiger partial charge is 0.224 e. The Bertz CT molecular complexity index is 622. The third kappa shape index (κ3) is 3.66. The van der Waals surface area contributed by atoms with E-state index in [0.29, 0.717) is 34.0 Å². The molecular weight excluding hydrogens is 292 g/mol. The lowest BCUT2D eigenvalue weighted by Crippen LogP contribution is -2.04. The molecule has 0 radical (unpaired) electrons. The summed E-state index contributed by atoms with van der Waals surface area (Å²) in [5.41, 5.74) is 0.708. The highest BCUT2D eigenvalue weighted by molar-refractivity contribution is 6.32. The van der Waals surface area contributed by atoms with Crippen molar-refractivity contribution in [2.75, 3.05) is 31.4 Å². The molecule has 2 aromatic rings. The molecule has 2 N–H and O–H groups in total. The van der Waals surface area contributed by atoms with Crippen LogP contribution in [0.25, 0.3) is 0 Å². The van der Waals surface area contributed by atoms with Crippen molar-refractivity contribution in [3.63, 3.8) is 0 Å². The van der Waals surface area contributed by atoms with Crippen LogP contribution in [0.15, 0.2) is 24.4 Å². The van der Waals surface area contributed by atoms with E-state index in [2.05, 4.69) is 20.6 Å². The molecule has 0 aliphatic heterocycles. The Hall–Kier alpha value is -2.21. The molecule has 0 saturated heterocycles. The van der Waals surface area contributed by atoms with Crippen LogP contribution in [0.5, 0.6) is 11.5 Å². The van der Waals surface area contributed by atoms with Crippen molar-refractivity contribution in [2.45, 2.75) is 6.92 Å². The molecule has 0 unspecified atom stereocenters. The minimum absolute atomic E-state index is 0.482. The molecule has 1 heterocycles. The minimum atomic E-state index is 0.482. The number of anilines is 3. The molecule has 0 saturated carbocycles. The van der Waals surface area contributed by atoms with Crippen molar-refractivity contribution in [2.24, 2.45) is 0 Å². The Kier molecular flexibility index (Phi) is 5.05. The molecule has 1 aromatic heterocycles. The van der Waals surface area contributed by atoms with Gasteiger partial charge in [0.2, 0.25) is 5.95 Å². The minimum Gasteiger partial charge on any atom is -0.495 e. The monoisotopic (exact) mass is 308 g/mol. The van der Waals surface area contributed by atoms with Crippen LogP contribution in [-0.4, -0.2) is 30.7 Å². The first-order valence-electron chi connectivity index (χ1n) is 6.43. The number of aromatic nitrogens is 2. The predicted molar refractivity (Wildman–Crippen MR) is 84.0 cm³/mol. The maximum Gasteiger partial charge on any atom is 0.224 e. The molecule has 21 heavy (non-hydrogen) atoms.